The van der Waals surface area contributed by atoms with Gasteiger partial charge in [-0.05, 0) is 43.2 Å². The summed E-state index contributed by atoms with van der Waals surface area (Å²) in [4.78, 5) is 11.3. The van der Waals surface area contributed by atoms with Crippen LogP contribution in [0.3, 0.4) is 0 Å². The van der Waals surface area contributed by atoms with Gasteiger partial charge >= 0.3 is 0 Å². The molecule has 329 valence electrons. The maximum Gasteiger partial charge on any atom is 0.274 e. The molecule has 3 aromatic rings. The highest BCUT2D eigenvalue weighted by atomic mass is 28.3. The van der Waals surface area contributed by atoms with Crippen molar-refractivity contribution in [2.45, 2.75) is 200 Å². The molecule has 0 spiro atoms. The van der Waals surface area contributed by atoms with Crippen LogP contribution in [0.4, 0.5) is 5.69 Å². The molecule has 0 unspecified atom stereocenters. The Morgan fingerprint density at radius 1 is 0.458 bits per heavy atom. The summed E-state index contributed by atoms with van der Waals surface area (Å²) >= 11 is 0. The van der Waals surface area contributed by atoms with Gasteiger partial charge < -0.3 is 14.2 Å². The normalized spacial score (nSPS) is 11.4. The zero-order valence-corrected chi connectivity index (χ0v) is 38.5. The van der Waals surface area contributed by atoms with Gasteiger partial charge in [0.2, 0.25) is 0 Å². The Bertz CT molecular complexity index is 1350. The van der Waals surface area contributed by atoms with E-state index in [-0.39, 0.29) is 17.2 Å². The molecule has 0 aliphatic heterocycles. The Morgan fingerprint density at radius 2 is 0.797 bits per heavy atom. The summed E-state index contributed by atoms with van der Waals surface area (Å²) in [5.41, 5.74) is 0.695. The van der Waals surface area contributed by atoms with Crippen molar-refractivity contribution in [1.82, 2.24) is 0 Å². The van der Waals surface area contributed by atoms with Crippen LogP contribution in [0.1, 0.15) is 199 Å². The van der Waals surface area contributed by atoms with Crippen LogP contribution in [-0.4, -0.2) is 33.2 Å². The van der Waals surface area contributed by atoms with Crippen LogP contribution in [0, 0.1) is 10.1 Å². The Labute approximate surface area is 362 Å². The first-order chi connectivity index (χ1) is 29.1. The van der Waals surface area contributed by atoms with E-state index < -0.39 is 8.80 Å². The van der Waals surface area contributed by atoms with Crippen molar-refractivity contribution in [3.05, 3.63) is 88.5 Å². The predicted molar refractivity (Wildman–Crippen MR) is 252 cm³/mol. The molecular weight excluding hydrogens is 747 g/mol. The van der Waals surface area contributed by atoms with Crippen molar-refractivity contribution in [2.24, 2.45) is 0 Å². The Balaban J connectivity index is 1.38. The molecule has 1 radical (unpaired) electrons. The van der Waals surface area contributed by atoms with Crippen LogP contribution < -0.4 is 19.8 Å². The molecule has 0 amide bonds. The molecule has 0 aliphatic carbocycles. The first kappa shape index (κ1) is 50.2. The van der Waals surface area contributed by atoms with E-state index in [1.54, 1.807) is 18.2 Å². The van der Waals surface area contributed by atoms with Crippen LogP contribution in [0.15, 0.2) is 72.8 Å². The highest BCUT2D eigenvalue weighted by Gasteiger charge is 2.20. The van der Waals surface area contributed by atoms with Gasteiger partial charge in [0, 0.05) is 12.3 Å². The second kappa shape index (κ2) is 34.5. The quantitative estimate of drug-likeness (QED) is 0.0248. The molecule has 0 atom stereocenters. The maximum atomic E-state index is 11.6. The first-order valence-electron chi connectivity index (χ1n) is 24.2. The topological polar surface area (TPSA) is 70.8 Å². The minimum atomic E-state index is -1.34. The summed E-state index contributed by atoms with van der Waals surface area (Å²) in [7, 11) is -1.34. The van der Waals surface area contributed by atoms with Gasteiger partial charge in [0.1, 0.15) is 11.5 Å². The van der Waals surface area contributed by atoms with Crippen molar-refractivity contribution in [1.29, 1.82) is 0 Å². The molecule has 3 rings (SSSR count). The lowest BCUT2D eigenvalue weighted by Crippen LogP contribution is -2.46. The standard InChI is InChI=1S/C52H82NO5Si/c1-3-5-7-9-11-13-15-17-19-21-23-25-27-31-43-57-48-35-39-50(40-36-48)59(46-56-45-47-33-29-30-34-52(47)53(54)55)51-41-37-49(38-42-51)58-44-32-28-26-24-22-20-18-16-14-12-10-8-6-4-2/h29-30,33-42H,3-28,31-32,43-46H2,1-2H3. The van der Waals surface area contributed by atoms with Crippen LogP contribution in [0.2, 0.25) is 0 Å². The lowest BCUT2D eigenvalue weighted by atomic mass is 10.0. The lowest BCUT2D eigenvalue weighted by molar-refractivity contribution is -0.385. The molecule has 7 heteroatoms. The number of hydrogen-bond acceptors (Lipinski definition) is 5. The van der Waals surface area contributed by atoms with Crippen molar-refractivity contribution >= 4 is 24.9 Å². The van der Waals surface area contributed by atoms with E-state index in [1.807, 2.05) is 6.07 Å². The summed E-state index contributed by atoms with van der Waals surface area (Å²) in [6, 6.07) is 23.9. The average molecular weight is 829 g/mol. The molecule has 0 saturated carbocycles. The molecule has 0 N–H and O–H groups in total. The lowest BCUT2D eigenvalue weighted by Gasteiger charge is -2.18. The number of ether oxygens (including phenoxy) is 3. The Hall–Kier alpha value is -3.16. The number of para-hydroxylation sites is 1. The molecule has 0 bridgehead atoms. The van der Waals surface area contributed by atoms with Crippen molar-refractivity contribution in [3.63, 3.8) is 0 Å². The van der Waals surface area contributed by atoms with E-state index in [9.17, 15) is 10.1 Å². The number of nitrogens with zero attached hydrogens (tertiary/aromatic N) is 1. The number of nitro benzene ring substituents is 1. The maximum absolute atomic E-state index is 11.6. The zero-order valence-electron chi connectivity index (χ0n) is 37.5. The van der Waals surface area contributed by atoms with Gasteiger partial charge in [0.25, 0.3) is 5.69 Å². The van der Waals surface area contributed by atoms with E-state index in [4.69, 9.17) is 14.2 Å². The number of rotatable bonds is 39. The minimum absolute atomic E-state index is 0.0990. The van der Waals surface area contributed by atoms with E-state index in [1.165, 1.54) is 177 Å². The van der Waals surface area contributed by atoms with Crippen LogP contribution in [0.5, 0.6) is 11.5 Å². The van der Waals surface area contributed by atoms with E-state index in [0.29, 0.717) is 11.8 Å². The summed E-state index contributed by atoms with van der Waals surface area (Å²) in [6.07, 6.45) is 38.3. The van der Waals surface area contributed by atoms with E-state index >= 15 is 0 Å². The molecule has 0 fully saturated rings. The third kappa shape index (κ3) is 24.0. The molecule has 3 aromatic carbocycles. The predicted octanol–water partition coefficient (Wildman–Crippen LogP) is 14.7. The summed E-state index contributed by atoms with van der Waals surface area (Å²) in [6.45, 7) is 6.26. The second-order valence-electron chi connectivity index (χ2n) is 16.8. The average Bonchev–Trinajstić information content (AvgIpc) is 3.26. The molecule has 0 saturated heterocycles. The highest BCUT2D eigenvalue weighted by molar-refractivity contribution is 6.85. The number of hydrogen-bond donors (Lipinski definition) is 0. The number of nitro groups is 1. The van der Waals surface area contributed by atoms with Crippen molar-refractivity contribution < 1.29 is 19.1 Å². The second-order valence-corrected chi connectivity index (χ2v) is 19.2. The van der Waals surface area contributed by atoms with Gasteiger partial charge in [-0.3, -0.25) is 10.1 Å². The minimum Gasteiger partial charge on any atom is -0.494 e. The van der Waals surface area contributed by atoms with Crippen LogP contribution in [-0.2, 0) is 11.3 Å². The van der Waals surface area contributed by atoms with Gasteiger partial charge in [0.05, 0.1) is 30.3 Å². The van der Waals surface area contributed by atoms with Gasteiger partial charge in [-0.2, -0.15) is 0 Å². The third-order valence-corrected chi connectivity index (χ3v) is 14.2. The van der Waals surface area contributed by atoms with Gasteiger partial charge in [-0.1, -0.05) is 228 Å². The summed E-state index contributed by atoms with van der Waals surface area (Å²) in [5.74, 6) is 1.80. The summed E-state index contributed by atoms with van der Waals surface area (Å²) < 4.78 is 18.5. The Morgan fingerprint density at radius 3 is 1.15 bits per heavy atom. The summed E-state index contributed by atoms with van der Waals surface area (Å²) in [5, 5.41) is 14.0. The Kier molecular flexibility index (Phi) is 29.4. The highest BCUT2D eigenvalue weighted by Crippen LogP contribution is 2.20. The molecule has 6 nitrogen and oxygen atoms in total. The molecule has 0 aliphatic rings. The van der Waals surface area contributed by atoms with Gasteiger partial charge in [-0.15, -0.1) is 0 Å². The van der Waals surface area contributed by atoms with Crippen LogP contribution in [0.25, 0.3) is 0 Å². The zero-order chi connectivity index (χ0) is 41.9. The smallest absolute Gasteiger partial charge is 0.274 e. The largest absolute Gasteiger partial charge is 0.494 e. The molecule has 0 heterocycles. The molecule has 0 aromatic heterocycles. The molecule has 59 heavy (non-hydrogen) atoms. The third-order valence-electron chi connectivity index (χ3n) is 11.6. The monoisotopic (exact) mass is 829 g/mol. The van der Waals surface area contributed by atoms with Crippen LogP contribution >= 0.6 is 0 Å². The first-order valence-corrected chi connectivity index (χ1v) is 26.0. The van der Waals surface area contributed by atoms with E-state index in [2.05, 4.69) is 62.4 Å². The fourth-order valence-electron chi connectivity index (χ4n) is 7.89. The van der Waals surface area contributed by atoms with Gasteiger partial charge in [0.15, 0.2) is 8.80 Å². The molecular formula is C52H82NO5Si. The number of benzene rings is 3. The van der Waals surface area contributed by atoms with Crippen molar-refractivity contribution in [2.75, 3.05) is 19.4 Å². The fraction of sp³-hybridized carbons (Fsp3) is 0.654. The number of unbranched alkanes of at least 4 members (excludes halogenated alkanes) is 26. The van der Waals surface area contributed by atoms with E-state index in [0.717, 1.165) is 37.6 Å². The van der Waals surface area contributed by atoms with Crippen molar-refractivity contribution in [3.8, 4) is 11.5 Å². The van der Waals surface area contributed by atoms with Gasteiger partial charge in [-0.25, -0.2) is 0 Å². The SMILES string of the molecule is CCCCCCCCCCCCCCCCOc1ccc([Si](COCc2ccccc2[N+](=O)[O-])c2ccc(OCCCCCCCCCCCCCCCC)cc2)cc1. The fourth-order valence-corrected chi connectivity index (χ4v) is 10.00.